The number of rotatable bonds is 7. The molecule has 0 aromatic heterocycles. The van der Waals surface area contributed by atoms with E-state index in [9.17, 15) is 9.59 Å². The number of nitrogens with one attached hydrogen (secondary N) is 1. The van der Waals surface area contributed by atoms with E-state index in [1.54, 1.807) is 0 Å². The number of ether oxygens (including phenoxy) is 2. The number of imide groups is 1. The van der Waals surface area contributed by atoms with Crippen LogP contribution in [0.3, 0.4) is 0 Å². The fraction of sp³-hybridized carbons (Fsp3) is 0.579. The van der Waals surface area contributed by atoms with Gasteiger partial charge in [-0.25, -0.2) is 4.79 Å². The van der Waals surface area contributed by atoms with E-state index in [-0.39, 0.29) is 23.9 Å². The fourth-order valence-electron chi connectivity index (χ4n) is 2.71. The fourth-order valence-corrected chi connectivity index (χ4v) is 2.71. The number of hydrogen-bond acceptors (Lipinski definition) is 4. The second kappa shape index (κ2) is 7.87. The van der Waals surface area contributed by atoms with Crippen molar-refractivity contribution in [3.8, 4) is 5.75 Å². The maximum atomic E-state index is 12.6. The van der Waals surface area contributed by atoms with Crippen molar-refractivity contribution in [1.82, 2.24) is 10.2 Å². The molecule has 1 atom stereocenters. The van der Waals surface area contributed by atoms with E-state index in [4.69, 9.17) is 9.47 Å². The highest BCUT2D eigenvalue weighted by Crippen LogP contribution is 2.28. The molecule has 1 fully saturated rings. The van der Waals surface area contributed by atoms with Crippen LogP contribution < -0.4 is 10.1 Å². The van der Waals surface area contributed by atoms with Crippen LogP contribution in [0.1, 0.15) is 38.8 Å². The predicted octanol–water partition coefficient (Wildman–Crippen LogP) is 2.88. The monoisotopic (exact) mass is 348 g/mol. The number of benzene rings is 1. The summed E-state index contributed by atoms with van der Waals surface area (Å²) in [6, 6.07) is 4.90. The second-order valence-electron chi connectivity index (χ2n) is 7.33. The lowest BCUT2D eigenvalue weighted by atomic mass is 9.87. The Morgan fingerprint density at radius 2 is 1.92 bits per heavy atom. The highest BCUT2D eigenvalue weighted by molar-refractivity contribution is 6.04. The number of urea groups is 1. The number of hydrogen-bond donors (Lipinski definition) is 1. The molecule has 2 rings (SSSR count). The number of carbonyl (C=O) groups excluding carboxylic acids is 2. The zero-order valence-electron chi connectivity index (χ0n) is 15.7. The van der Waals surface area contributed by atoms with Crippen molar-refractivity contribution in [2.45, 2.75) is 47.2 Å². The van der Waals surface area contributed by atoms with Crippen molar-refractivity contribution in [2.24, 2.45) is 5.41 Å². The third-order valence-electron chi connectivity index (χ3n) is 4.13. The van der Waals surface area contributed by atoms with E-state index < -0.39 is 6.04 Å². The van der Waals surface area contributed by atoms with Gasteiger partial charge in [0.15, 0.2) is 0 Å². The van der Waals surface area contributed by atoms with Crippen molar-refractivity contribution in [3.05, 3.63) is 29.3 Å². The smallest absolute Gasteiger partial charge is 0.325 e. The number of aryl methyl sites for hydroxylation is 1. The maximum Gasteiger partial charge on any atom is 0.325 e. The molecule has 0 saturated carbocycles. The molecule has 6 heteroatoms. The van der Waals surface area contributed by atoms with Crippen molar-refractivity contribution < 1.29 is 19.1 Å². The first-order valence-electron chi connectivity index (χ1n) is 8.66. The molecule has 0 spiro atoms. The lowest BCUT2D eigenvalue weighted by molar-refractivity contribution is -0.129. The van der Waals surface area contributed by atoms with Gasteiger partial charge >= 0.3 is 6.03 Å². The van der Waals surface area contributed by atoms with Gasteiger partial charge in [0.25, 0.3) is 5.91 Å². The summed E-state index contributed by atoms with van der Waals surface area (Å²) >= 11 is 0. The molecule has 6 nitrogen and oxygen atoms in total. The van der Waals surface area contributed by atoms with Crippen LogP contribution in [0.4, 0.5) is 4.79 Å². The molecule has 1 heterocycles. The summed E-state index contributed by atoms with van der Waals surface area (Å²) in [6.45, 7) is 11.5. The summed E-state index contributed by atoms with van der Waals surface area (Å²) in [7, 11) is 0. The van der Waals surface area contributed by atoms with E-state index in [0.29, 0.717) is 25.6 Å². The van der Waals surface area contributed by atoms with Crippen molar-refractivity contribution >= 4 is 11.9 Å². The molecule has 1 aliphatic rings. The van der Waals surface area contributed by atoms with Gasteiger partial charge in [0.1, 0.15) is 18.4 Å². The standard InChI is InChI=1S/C19H28N2O4/c1-6-24-9-10-25-15-11-13(2)7-8-14(15)12-21-17(22)16(19(3,4)5)20-18(21)23/h7-8,11,16H,6,9-10,12H2,1-5H3,(H,20,23)/t16-/m1/s1. The van der Waals surface area contributed by atoms with Crippen molar-refractivity contribution in [3.63, 3.8) is 0 Å². The number of amides is 3. The molecule has 1 aromatic rings. The van der Waals surface area contributed by atoms with Crippen LogP contribution in [0.15, 0.2) is 18.2 Å². The van der Waals surface area contributed by atoms with Crippen LogP contribution in [-0.4, -0.2) is 42.7 Å². The van der Waals surface area contributed by atoms with Gasteiger partial charge in [-0.3, -0.25) is 9.69 Å². The minimum atomic E-state index is -0.507. The third-order valence-corrected chi connectivity index (χ3v) is 4.13. The molecule has 0 radical (unpaired) electrons. The van der Waals surface area contributed by atoms with Gasteiger partial charge in [-0.15, -0.1) is 0 Å². The van der Waals surface area contributed by atoms with Gasteiger partial charge in [-0.2, -0.15) is 0 Å². The normalized spacial score (nSPS) is 17.8. The first kappa shape index (κ1) is 19.2. The Morgan fingerprint density at radius 3 is 2.52 bits per heavy atom. The molecule has 1 aliphatic heterocycles. The Bertz CT molecular complexity index is 637. The first-order chi connectivity index (χ1) is 11.7. The molecule has 25 heavy (non-hydrogen) atoms. The summed E-state index contributed by atoms with van der Waals surface area (Å²) < 4.78 is 11.1. The molecule has 0 aliphatic carbocycles. The van der Waals surface area contributed by atoms with Gasteiger partial charge in [-0.1, -0.05) is 32.9 Å². The Hall–Kier alpha value is -2.08. The number of carbonyl (C=O) groups is 2. The minimum absolute atomic E-state index is 0.196. The Kier molecular flexibility index (Phi) is 6.06. The van der Waals surface area contributed by atoms with Crippen molar-refractivity contribution in [2.75, 3.05) is 19.8 Å². The predicted molar refractivity (Wildman–Crippen MR) is 95.5 cm³/mol. The molecule has 1 aromatic carbocycles. The molecule has 0 unspecified atom stereocenters. The summed E-state index contributed by atoms with van der Waals surface area (Å²) in [5, 5.41) is 2.78. The summed E-state index contributed by atoms with van der Waals surface area (Å²) in [4.78, 5) is 26.1. The lowest BCUT2D eigenvalue weighted by Crippen LogP contribution is -2.41. The van der Waals surface area contributed by atoms with Crippen molar-refractivity contribution in [1.29, 1.82) is 0 Å². The second-order valence-corrected chi connectivity index (χ2v) is 7.33. The summed E-state index contributed by atoms with van der Waals surface area (Å²) in [5.74, 6) is 0.484. The van der Waals surface area contributed by atoms with Crippen LogP contribution in [0.25, 0.3) is 0 Å². The van der Waals surface area contributed by atoms with Gasteiger partial charge in [0.05, 0.1) is 13.2 Å². The van der Waals surface area contributed by atoms with E-state index in [1.807, 2.05) is 52.8 Å². The van der Waals surface area contributed by atoms with E-state index in [1.165, 1.54) is 4.90 Å². The van der Waals surface area contributed by atoms with Crippen LogP contribution in [0.5, 0.6) is 5.75 Å². The topological polar surface area (TPSA) is 67.9 Å². The van der Waals surface area contributed by atoms with E-state index in [0.717, 1.165) is 11.1 Å². The first-order valence-corrected chi connectivity index (χ1v) is 8.66. The molecular formula is C19H28N2O4. The lowest BCUT2D eigenvalue weighted by Gasteiger charge is -2.24. The average molecular weight is 348 g/mol. The maximum absolute atomic E-state index is 12.6. The Labute approximate surface area is 149 Å². The van der Waals surface area contributed by atoms with E-state index in [2.05, 4.69) is 5.32 Å². The molecule has 138 valence electrons. The van der Waals surface area contributed by atoms with E-state index >= 15 is 0 Å². The largest absolute Gasteiger partial charge is 0.491 e. The van der Waals surface area contributed by atoms with Gasteiger partial charge in [0, 0.05) is 12.2 Å². The Morgan fingerprint density at radius 1 is 1.20 bits per heavy atom. The van der Waals surface area contributed by atoms with Crippen LogP contribution in [0, 0.1) is 12.3 Å². The quantitative estimate of drug-likeness (QED) is 0.608. The highest BCUT2D eigenvalue weighted by Gasteiger charge is 2.44. The highest BCUT2D eigenvalue weighted by atomic mass is 16.5. The molecule has 3 amide bonds. The molecule has 1 saturated heterocycles. The Balaban J connectivity index is 2.14. The SMILES string of the molecule is CCOCCOc1cc(C)ccc1CN1C(=O)N[C@@H](C(C)(C)C)C1=O. The van der Waals surface area contributed by atoms with Gasteiger partial charge in [0.2, 0.25) is 0 Å². The number of nitrogens with zero attached hydrogens (tertiary/aromatic N) is 1. The molecule has 0 bridgehead atoms. The third kappa shape index (κ3) is 4.72. The summed E-state index contributed by atoms with van der Waals surface area (Å²) in [5.41, 5.74) is 1.53. The molecule has 1 N–H and O–H groups in total. The zero-order chi connectivity index (χ0) is 18.6. The van der Waals surface area contributed by atoms with Crippen LogP contribution in [-0.2, 0) is 16.1 Å². The van der Waals surface area contributed by atoms with Gasteiger partial charge < -0.3 is 14.8 Å². The van der Waals surface area contributed by atoms with Crippen LogP contribution in [0.2, 0.25) is 0 Å². The average Bonchev–Trinajstić information content (AvgIpc) is 2.82. The molecular weight excluding hydrogens is 320 g/mol. The van der Waals surface area contributed by atoms with Gasteiger partial charge in [-0.05, 0) is 30.9 Å². The summed E-state index contributed by atoms with van der Waals surface area (Å²) in [6.07, 6.45) is 0. The van der Waals surface area contributed by atoms with Crippen LogP contribution >= 0.6 is 0 Å². The zero-order valence-corrected chi connectivity index (χ0v) is 15.7. The minimum Gasteiger partial charge on any atom is -0.491 e.